The van der Waals surface area contributed by atoms with Crippen molar-refractivity contribution in [2.75, 3.05) is 6.54 Å². The maximum atomic E-state index is 12.0. The van der Waals surface area contributed by atoms with E-state index >= 15 is 0 Å². The number of benzene rings is 1. The number of aryl methyl sites for hydroxylation is 3. The molecule has 1 aromatic rings. The topological polar surface area (TPSA) is 12.0 Å². The molecule has 0 fully saturated rings. The molecule has 0 saturated heterocycles. The van der Waals surface area contributed by atoms with Crippen LogP contribution in [0.5, 0.6) is 0 Å². The predicted octanol–water partition coefficient (Wildman–Crippen LogP) is 4.60. The summed E-state index contributed by atoms with van der Waals surface area (Å²) in [7, 11) is 0. The first-order valence-corrected chi connectivity index (χ1v) is 6.58. The van der Waals surface area contributed by atoms with Crippen molar-refractivity contribution in [3.05, 3.63) is 34.4 Å². The molecule has 0 saturated carbocycles. The van der Waals surface area contributed by atoms with Crippen LogP contribution in [0, 0.1) is 20.8 Å². The normalized spacial score (nSPS) is 13.6. The Bertz CT molecular complexity index is 401. The van der Waals surface area contributed by atoms with Gasteiger partial charge in [-0.05, 0) is 57.4 Å². The van der Waals surface area contributed by atoms with Gasteiger partial charge in [0.1, 0.15) is 0 Å². The van der Waals surface area contributed by atoms with Crippen molar-refractivity contribution in [3.8, 4) is 0 Å². The Balaban J connectivity index is 2.57. The van der Waals surface area contributed by atoms with Crippen LogP contribution in [-0.4, -0.2) is 12.7 Å². The molecule has 0 radical (unpaired) electrons. The molecule has 0 amide bonds. The second-order valence-corrected chi connectivity index (χ2v) is 5.21. The van der Waals surface area contributed by atoms with E-state index in [9.17, 15) is 13.2 Å². The van der Waals surface area contributed by atoms with E-state index in [-0.39, 0.29) is 12.5 Å². The monoisotopic (exact) mass is 273 g/mol. The summed E-state index contributed by atoms with van der Waals surface area (Å²) in [6, 6.07) is 4.29. The van der Waals surface area contributed by atoms with E-state index in [4.69, 9.17) is 0 Å². The molecule has 0 aliphatic heterocycles. The lowest BCUT2D eigenvalue weighted by Gasteiger charge is -2.20. The van der Waals surface area contributed by atoms with Crippen LogP contribution in [0.15, 0.2) is 12.1 Å². The SMILES string of the molecule is Cc1cc(C)c(C(C)NCCCC(F)(F)F)c(C)c1. The predicted molar refractivity (Wildman–Crippen MR) is 72.4 cm³/mol. The zero-order valence-electron chi connectivity index (χ0n) is 12.0. The molecule has 0 aliphatic rings. The quantitative estimate of drug-likeness (QED) is 0.773. The van der Waals surface area contributed by atoms with Gasteiger partial charge >= 0.3 is 6.18 Å². The van der Waals surface area contributed by atoms with Gasteiger partial charge in [-0.3, -0.25) is 0 Å². The minimum Gasteiger partial charge on any atom is -0.310 e. The van der Waals surface area contributed by atoms with Crippen molar-refractivity contribution in [2.24, 2.45) is 0 Å². The highest BCUT2D eigenvalue weighted by Crippen LogP contribution is 2.24. The molecule has 108 valence electrons. The van der Waals surface area contributed by atoms with Crippen LogP contribution < -0.4 is 5.32 Å². The second kappa shape index (κ2) is 6.42. The van der Waals surface area contributed by atoms with Crippen molar-refractivity contribution in [1.29, 1.82) is 0 Å². The fourth-order valence-corrected chi connectivity index (χ4v) is 2.58. The minimum atomic E-state index is -4.05. The van der Waals surface area contributed by atoms with E-state index in [1.54, 1.807) is 0 Å². The van der Waals surface area contributed by atoms with Crippen LogP contribution in [0.1, 0.15) is 48.1 Å². The Morgan fingerprint density at radius 3 is 2.11 bits per heavy atom. The molecule has 1 nitrogen and oxygen atoms in total. The smallest absolute Gasteiger partial charge is 0.310 e. The fourth-order valence-electron chi connectivity index (χ4n) is 2.58. The Hall–Kier alpha value is -1.03. The highest BCUT2D eigenvalue weighted by Gasteiger charge is 2.26. The lowest BCUT2D eigenvalue weighted by atomic mass is 9.95. The highest BCUT2D eigenvalue weighted by atomic mass is 19.4. The highest BCUT2D eigenvalue weighted by molar-refractivity contribution is 5.39. The van der Waals surface area contributed by atoms with E-state index in [0.29, 0.717) is 6.54 Å². The molecular weight excluding hydrogens is 251 g/mol. The number of hydrogen-bond acceptors (Lipinski definition) is 1. The maximum Gasteiger partial charge on any atom is 0.389 e. The summed E-state index contributed by atoms with van der Waals surface area (Å²) in [5, 5.41) is 3.17. The third kappa shape index (κ3) is 5.23. The summed E-state index contributed by atoms with van der Waals surface area (Å²) in [5.74, 6) is 0. The second-order valence-electron chi connectivity index (χ2n) is 5.21. The van der Waals surface area contributed by atoms with Crippen LogP contribution in [0.2, 0.25) is 0 Å². The molecule has 1 atom stereocenters. The Kier molecular flexibility index (Phi) is 5.41. The standard InChI is InChI=1S/C15H22F3N/c1-10-8-11(2)14(12(3)9-10)13(4)19-7-5-6-15(16,17)18/h8-9,13,19H,5-7H2,1-4H3. The van der Waals surface area contributed by atoms with Gasteiger partial charge < -0.3 is 5.32 Å². The van der Waals surface area contributed by atoms with Crippen molar-refractivity contribution >= 4 is 0 Å². The molecule has 4 heteroatoms. The van der Waals surface area contributed by atoms with Crippen LogP contribution in [-0.2, 0) is 0 Å². The van der Waals surface area contributed by atoms with Crippen molar-refractivity contribution in [2.45, 2.75) is 52.8 Å². The minimum absolute atomic E-state index is 0.0776. The van der Waals surface area contributed by atoms with Gasteiger partial charge in [0.2, 0.25) is 0 Å². The first kappa shape index (κ1) is 16.0. The van der Waals surface area contributed by atoms with Crippen molar-refractivity contribution < 1.29 is 13.2 Å². The molecule has 0 bridgehead atoms. The van der Waals surface area contributed by atoms with Crippen LogP contribution in [0.3, 0.4) is 0 Å². The molecule has 1 aromatic carbocycles. The lowest BCUT2D eigenvalue weighted by molar-refractivity contribution is -0.135. The molecule has 0 aromatic heterocycles. The van der Waals surface area contributed by atoms with Gasteiger partial charge in [0.25, 0.3) is 0 Å². The average molecular weight is 273 g/mol. The van der Waals surface area contributed by atoms with Crippen molar-refractivity contribution in [3.63, 3.8) is 0 Å². The summed E-state index contributed by atoms with van der Waals surface area (Å²) >= 11 is 0. The Morgan fingerprint density at radius 1 is 1.11 bits per heavy atom. The number of alkyl halides is 3. The maximum absolute atomic E-state index is 12.0. The van der Waals surface area contributed by atoms with E-state index in [1.807, 2.05) is 27.7 Å². The van der Waals surface area contributed by atoms with E-state index < -0.39 is 12.6 Å². The number of nitrogens with one attached hydrogen (secondary N) is 1. The molecule has 0 spiro atoms. The first-order valence-electron chi connectivity index (χ1n) is 6.58. The number of halogens is 3. The summed E-state index contributed by atoms with van der Waals surface area (Å²) < 4.78 is 36.1. The van der Waals surface area contributed by atoms with Gasteiger partial charge in [-0.15, -0.1) is 0 Å². The van der Waals surface area contributed by atoms with Gasteiger partial charge in [-0.1, -0.05) is 17.7 Å². The van der Waals surface area contributed by atoms with Gasteiger partial charge in [-0.2, -0.15) is 13.2 Å². The Labute approximate surface area is 113 Å². The largest absolute Gasteiger partial charge is 0.389 e. The van der Waals surface area contributed by atoms with Gasteiger partial charge in [0.05, 0.1) is 0 Å². The fraction of sp³-hybridized carbons (Fsp3) is 0.600. The number of rotatable bonds is 5. The van der Waals surface area contributed by atoms with Gasteiger partial charge in [-0.25, -0.2) is 0 Å². The zero-order chi connectivity index (χ0) is 14.6. The zero-order valence-corrected chi connectivity index (χ0v) is 12.0. The molecule has 1 N–H and O–H groups in total. The van der Waals surface area contributed by atoms with Gasteiger partial charge in [0, 0.05) is 12.5 Å². The van der Waals surface area contributed by atoms with E-state index in [0.717, 1.165) is 0 Å². The third-order valence-corrected chi connectivity index (χ3v) is 3.26. The van der Waals surface area contributed by atoms with Crippen molar-refractivity contribution in [1.82, 2.24) is 5.32 Å². The first-order chi connectivity index (χ1) is 8.70. The van der Waals surface area contributed by atoms with Crippen LogP contribution in [0.25, 0.3) is 0 Å². The summed E-state index contributed by atoms with van der Waals surface area (Å²) in [5.41, 5.74) is 4.78. The molecule has 0 aliphatic carbocycles. The molecule has 0 heterocycles. The lowest BCUT2D eigenvalue weighted by Crippen LogP contribution is -2.23. The van der Waals surface area contributed by atoms with Gasteiger partial charge in [0.15, 0.2) is 0 Å². The summed E-state index contributed by atoms with van der Waals surface area (Å²) in [6.45, 7) is 8.52. The summed E-state index contributed by atoms with van der Waals surface area (Å²) in [6.07, 6.45) is -4.66. The average Bonchev–Trinajstić information content (AvgIpc) is 2.21. The molecular formula is C15H22F3N. The molecule has 19 heavy (non-hydrogen) atoms. The molecule has 1 rings (SSSR count). The third-order valence-electron chi connectivity index (χ3n) is 3.26. The van der Waals surface area contributed by atoms with E-state index in [2.05, 4.69) is 17.4 Å². The van der Waals surface area contributed by atoms with Crippen LogP contribution in [0.4, 0.5) is 13.2 Å². The van der Waals surface area contributed by atoms with E-state index in [1.165, 1.54) is 22.3 Å². The Morgan fingerprint density at radius 2 is 1.63 bits per heavy atom. The van der Waals surface area contributed by atoms with Crippen LogP contribution >= 0.6 is 0 Å². The number of hydrogen-bond donors (Lipinski definition) is 1. The molecule has 1 unspecified atom stereocenters. The summed E-state index contributed by atoms with van der Waals surface area (Å²) in [4.78, 5) is 0.